The summed E-state index contributed by atoms with van der Waals surface area (Å²) in [4.78, 5) is 0. The Morgan fingerprint density at radius 2 is 0.773 bits per heavy atom. The summed E-state index contributed by atoms with van der Waals surface area (Å²) in [6, 6.07) is 21.1. The summed E-state index contributed by atoms with van der Waals surface area (Å²) in [6.45, 7) is 8.00. The van der Waals surface area contributed by atoms with Gasteiger partial charge in [0.2, 0.25) is 0 Å². The molecule has 0 fully saturated rings. The average molecular weight is 307 g/mol. The van der Waals surface area contributed by atoms with Crippen molar-refractivity contribution in [3.8, 4) is 0 Å². The summed E-state index contributed by atoms with van der Waals surface area (Å²) in [5.41, 5.74) is 11.7. The first-order valence-corrected chi connectivity index (χ1v) is 7.68. The van der Waals surface area contributed by atoms with Crippen LogP contribution in [0.3, 0.4) is 0 Å². The molecule has 0 bridgehead atoms. The minimum atomic E-state index is 0. The highest BCUT2D eigenvalue weighted by Crippen LogP contribution is 2.07. The smallest absolute Gasteiger partial charge is 0.00258 e. The Morgan fingerprint density at radius 1 is 0.545 bits per heavy atom. The van der Waals surface area contributed by atoms with E-state index < -0.39 is 0 Å². The van der Waals surface area contributed by atoms with Gasteiger partial charge in [0.25, 0.3) is 0 Å². The zero-order valence-electron chi connectivity index (χ0n) is 14.6. The Labute approximate surface area is 139 Å². The fraction of sp³-hybridized carbons (Fsp3) is 0.400. The van der Waals surface area contributed by atoms with E-state index in [1.807, 2.05) is 27.7 Å². The van der Waals surface area contributed by atoms with Gasteiger partial charge in [0, 0.05) is 0 Å². The van der Waals surface area contributed by atoms with Crippen LogP contribution in [0.2, 0.25) is 0 Å². The molecular weight excluding hydrogens is 268 g/mol. The molecule has 0 amide bonds. The summed E-state index contributed by atoms with van der Waals surface area (Å²) in [7, 11) is 3.00. The molecule has 0 aliphatic heterocycles. The SMILES string of the molecule is C.CC.CC.CN.CN.c1ccc(Cc2ccccc2)cc1. The molecule has 22 heavy (non-hydrogen) atoms. The van der Waals surface area contributed by atoms with Crippen LogP contribution in [0.1, 0.15) is 46.2 Å². The van der Waals surface area contributed by atoms with E-state index in [9.17, 15) is 0 Å². The van der Waals surface area contributed by atoms with Crippen molar-refractivity contribution >= 4 is 0 Å². The molecule has 0 radical (unpaired) electrons. The quantitative estimate of drug-likeness (QED) is 0.809. The summed E-state index contributed by atoms with van der Waals surface area (Å²) in [5, 5.41) is 0. The Kier molecular flexibility index (Phi) is 35.8. The van der Waals surface area contributed by atoms with Crippen molar-refractivity contribution in [2.45, 2.75) is 41.5 Å². The predicted octanol–water partition coefficient (Wildman–Crippen LogP) is 5.12. The summed E-state index contributed by atoms with van der Waals surface area (Å²) in [6.07, 6.45) is 1.03. The van der Waals surface area contributed by atoms with Crippen molar-refractivity contribution in [1.82, 2.24) is 0 Å². The van der Waals surface area contributed by atoms with Gasteiger partial charge >= 0.3 is 0 Å². The second kappa shape index (κ2) is 27.7. The monoisotopic (exact) mass is 306 g/mol. The highest BCUT2D eigenvalue weighted by Gasteiger charge is 1.92. The first kappa shape index (κ1) is 28.5. The number of nitrogens with two attached hydrogens (primary N) is 2. The van der Waals surface area contributed by atoms with Crippen LogP contribution in [0.25, 0.3) is 0 Å². The van der Waals surface area contributed by atoms with Gasteiger partial charge in [-0.2, -0.15) is 0 Å². The van der Waals surface area contributed by atoms with Crippen LogP contribution in [-0.2, 0) is 6.42 Å². The van der Waals surface area contributed by atoms with E-state index in [4.69, 9.17) is 0 Å². The molecule has 0 saturated carbocycles. The minimum Gasteiger partial charge on any atom is -0.333 e. The van der Waals surface area contributed by atoms with Gasteiger partial charge in [-0.25, -0.2) is 0 Å². The molecule has 2 aromatic carbocycles. The standard InChI is InChI=1S/C13H12.2C2H6.2CH5N.CH4/c1-3-7-12(8-4-1)11-13-9-5-2-6-10-13;4*1-2;/h1-10H,11H2;2*1-2H3;2*2H2,1H3;1H4. The fourth-order valence-corrected chi connectivity index (χ4v) is 1.43. The lowest BCUT2D eigenvalue weighted by molar-refractivity contribution is 1.19. The van der Waals surface area contributed by atoms with Crippen LogP contribution in [0.4, 0.5) is 0 Å². The lowest BCUT2D eigenvalue weighted by Crippen LogP contribution is -1.85. The molecule has 0 aromatic heterocycles. The number of rotatable bonds is 2. The van der Waals surface area contributed by atoms with Gasteiger partial charge in [-0.05, 0) is 31.6 Å². The molecule has 2 rings (SSSR count). The van der Waals surface area contributed by atoms with Crippen molar-refractivity contribution in [2.24, 2.45) is 11.5 Å². The molecule has 4 N–H and O–H groups in total. The maximum absolute atomic E-state index is 4.50. The number of benzene rings is 2. The molecule has 0 heterocycles. The van der Waals surface area contributed by atoms with E-state index in [1.54, 1.807) is 0 Å². The van der Waals surface area contributed by atoms with Crippen LogP contribution < -0.4 is 11.5 Å². The predicted molar refractivity (Wildman–Crippen MR) is 105 cm³/mol. The Morgan fingerprint density at radius 3 is 1.00 bits per heavy atom. The van der Waals surface area contributed by atoms with Crippen molar-refractivity contribution in [3.63, 3.8) is 0 Å². The third-order valence-corrected chi connectivity index (χ3v) is 2.09. The second-order valence-electron chi connectivity index (χ2n) is 3.15. The van der Waals surface area contributed by atoms with Crippen molar-refractivity contribution in [3.05, 3.63) is 71.8 Å². The second-order valence-corrected chi connectivity index (χ2v) is 3.15. The highest BCUT2D eigenvalue weighted by molar-refractivity contribution is 5.25. The molecular formula is C20H38N2. The summed E-state index contributed by atoms with van der Waals surface area (Å²) in [5.74, 6) is 0. The van der Waals surface area contributed by atoms with Crippen LogP contribution in [0, 0.1) is 0 Å². The molecule has 2 heteroatoms. The third kappa shape index (κ3) is 16.4. The van der Waals surface area contributed by atoms with Gasteiger partial charge in [0.1, 0.15) is 0 Å². The van der Waals surface area contributed by atoms with Crippen LogP contribution in [-0.4, -0.2) is 14.1 Å². The molecule has 0 aliphatic carbocycles. The fourth-order valence-electron chi connectivity index (χ4n) is 1.43. The molecule has 0 unspecified atom stereocenters. The molecule has 2 nitrogen and oxygen atoms in total. The maximum atomic E-state index is 4.50. The molecule has 0 saturated heterocycles. The van der Waals surface area contributed by atoms with Gasteiger partial charge < -0.3 is 11.5 Å². The minimum absolute atomic E-state index is 0. The van der Waals surface area contributed by atoms with Gasteiger partial charge in [-0.1, -0.05) is 95.8 Å². The number of hydrogen-bond donors (Lipinski definition) is 2. The maximum Gasteiger partial charge on any atom is -0.00258 e. The normalized spacial score (nSPS) is 6.91. The number of hydrogen-bond acceptors (Lipinski definition) is 2. The van der Waals surface area contributed by atoms with E-state index in [0.29, 0.717) is 0 Å². The topological polar surface area (TPSA) is 52.0 Å². The van der Waals surface area contributed by atoms with E-state index in [2.05, 4.69) is 72.1 Å². The highest BCUT2D eigenvalue weighted by atomic mass is 14.4. The zero-order chi connectivity index (χ0) is 16.9. The van der Waals surface area contributed by atoms with Gasteiger partial charge in [0.05, 0.1) is 0 Å². The van der Waals surface area contributed by atoms with Crippen LogP contribution in [0.15, 0.2) is 60.7 Å². The Balaban J connectivity index is -0.000000158. The zero-order valence-corrected chi connectivity index (χ0v) is 14.6. The summed E-state index contributed by atoms with van der Waals surface area (Å²) < 4.78 is 0. The van der Waals surface area contributed by atoms with E-state index >= 15 is 0 Å². The molecule has 0 atom stereocenters. The van der Waals surface area contributed by atoms with Crippen LogP contribution >= 0.6 is 0 Å². The van der Waals surface area contributed by atoms with Gasteiger partial charge in [0.15, 0.2) is 0 Å². The lowest BCUT2D eigenvalue weighted by Gasteiger charge is -2.00. The van der Waals surface area contributed by atoms with Crippen molar-refractivity contribution in [1.29, 1.82) is 0 Å². The van der Waals surface area contributed by atoms with Gasteiger partial charge in [-0.3, -0.25) is 0 Å². The van der Waals surface area contributed by atoms with Crippen molar-refractivity contribution < 1.29 is 0 Å². The lowest BCUT2D eigenvalue weighted by atomic mass is 10.1. The van der Waals surface area contributed by atoms with Crippen molar-refractivity contribution in [2.75, 3.05) is 14.1 Å². The Hall–Kier alpha value is -1.64. The average Bonchev–Trinajstić information content (AvgIpc) is 2.64. The Bertz CT molecular complexity index is 320. The largest absolute Gasteiger partial charge is 0.333 e. The molecule has 0 spiro atoms. The van der Waals surface area contributed by atoms with E-state index in [0.717, 1.165) is 6.42 Å². The summed E-state index contributed by atoms with van der Waals surface area (Å²) >= 11 is 0. The van der Waals surface area contributed by atoms with E-state index in [1.165, 1.54) is 25.2 Å². The first-order valence-electron chi connectivity index (χ1n) is 7.68. The molecule has 0 aliphatic rings. The van der Waals surface area contributed by atoms with Gasteiger partial charge in [-0.15, -0.1) is 0 Å². The molecule has 2 aromatic rings. The van der Waals surface area contributed by atoms with Crippen LogP contribution in [0.5, 0.6) is 0 Å². The molecule has 128 valence electrons. The third-order valence-electron chi connectivity index (χ3n) is 2.09. The van der Waals surface area contributed by atoms with E-state index in [-0.39, 0.29) is 7.43 Å². The first-order chi connectivity index (χ1) is 10.4.